The van der Waals surface area contributed by atoms with Gasteiger partial charge in [-0.05, 0) is 18.9 Å². The van der Waals surface area contributed by atoms with Gasteiger partial charge in [0.05, 0.1) is 19.2 Å². The smallest absolute Gasteiger partial charge is 0.319 e. The van der Waals surface area contributed by atoms with Gasteiger partial charge in [-0.2, -0.15) is 0 Å². The van der Waals surface area contributed by atoms with Gasteiger partial charge in [-0.3, -0.25) is 19.3 Å². The number of hydrogen-bond acceptors (Lipinski definition) is 5. The third kappa shape index (κ3) is 2.78. The van der Waals surface area contributed by atoms with Gasteiger partial charge in [0, 0.05) is 42.1 Å². The van der Waals surface area contributed by atoms with Gasteiger partial charge in [0.15, 0.2) is 0 Å². The molecule has 2 aliphatic heterocycles. The zero-order valence-electron chi connectivity index (χ0n) is 14.6. The van der Waals surface area contributed by atoms with E-state index >= 15 is 0 Å². The summed E-state index contributed by atoms with van der Waals surface area (Å²) < 4.78 is 4.77. The van der Waals surface area contributed by atoms with Crippen LogP contribution in [0.25, 0.3) is 10.9 Å². The van der Waals surface area contributed by atoms with Crippen LogP contribution in [0.1, 0.15) is 23.2 Å². The van der Waals surface area contributed by atoms with Crippen molar-refractivity contribution in [1.29, 1.82) is 0 Å². The number of fused-ring (bicyclic) bond motifs is 2. The lowest BCUT2D eigenvalue weighted by atomic mass is 10.1. The highest BCUT2D eigenvalue weighted by Crippen LogP contribution is 2.33. The first-order chi connectivity index (χ1) is 12.6. The van der Waals surface area contributed by atoms with Crippen molar-refractivity contribution in [3.63, 3.8) is 0 Å². The van der Waals surface area contributed by atoms with E-state index in [-0.39, 0.29) is 36.1 Å². The molecule has 4 rings (SSSR count). The highest BCUT2D eigenvalue weighted by atomic mass is 16.5. The van der Waals surface area contributed by atoms with Crippen LogP contribution in [0.3, 0.4) is 0 Å². The molecule has 136 valence electrons. The molecule has 2 atom stereocenters. The molecule has 0 bridgehead atoms. The number of nitrogens with one attached hydrogen (secondary N) is 1. The number of hydrogen-bond donors (Lipinski definition) is 1. The van der Waals surface area contributed by atoms with Crippen molar-refractivity contribution in [2.24, 2.45) is 0 Å². The van der Waals surface area contributed by atoms with Crippen LogP contribution < -0.4 is 5.56 Å². The quantitative estimate of drug-likeness (QED) is 0.831. The molecule has 7 heteroatoms. The van der Waals surface area contributed by atoms with E-state index in [1.807, 2.05) is 23.1 Å². The number of pyridine rings is 1. The van der Waals surface area contributed by atoms with Crippen LogP contribution in [0.5, 0.6) is 0 Å². The molecule has 0 unspecified atom stereocenters. The van der Waals surface area contributed by atoms with Crippen LogP contribution in [0.2, 0.25) is 0 Å². The van der Waals surface area contributed by atoms with Gasteiger partial charge in [0.1, 0.15) is 0 Å². The first-order valence-corrected chi connectivity index (χ1v) is 8.82. The lowest BCUT2D eigenvalue weighted by molar-refractivity contribution is -0.142. The van der Waals surface area contributed by atoms with Crippen LogP contribution in [0, 0.1) is 0 Å². The Labute approximate surface area is 150 Å². The number of esters is 1. The Kier molecular flexibility index (Phi) is 4.24. The predicted molar refractivity (Wildman–Crippen MR) is 96.0 cm³/mol. The number of aromatic amines is 1. The summed E-state index contributed by atoms with van der Waals surface area (Å²) in [6.45, 7) is 1.66. The van der Waals surface area contributed by atoms with E-state index in [0.717, 1.165) is 24.8 Å². The van der Waals surface area contributed by atoms with Crippen LogP contribution >= 0.6 is 0 Å². The van der Waals surface area contributed by atoms with E-state index in [1.54, 1.807) is 6.07 Å². The minimum Gasteiger partial charge on any atom is -0.468 e. The molecule has 0 aliphatic carbocycles. The summed E-state index contributed by atoms with van der Waals surface area (Å²) in [5.41, 5.74) is 0.829. The first-order valence-electron chi connectivity index (χ1n) is 8.82. The molecule has 7 nitrogen and oxygen atoms in total. The van der Waals surface area contributed by atoms with Gasteiger partial charge in [0.25, 0.3) is 5.91 Å². The Hall–Kier alpha value is -2.67. The molecule has 0 radical (unpaired) electrons. The normalized spacial score (nSPS) is 22.6. The van der Waals surface area contributed by atoms with Gasteiger partial charge >= 0.3 is 5.97 Å². The van der Waals surface area contributed by atoms with Crippen LogP contribution in [-0.4, -0.2) is 65.5 Å². The number of para-hydroxylation sites is 1. The van der Waals surface area contributed by atoms with Crippen molar-refractivity contribution >= 4 is 22.8 Å². The number of aromatic nitrogens is 1. The van der Waals surface area contributed by atoms with Crippen LogP contribution in [0.4, 0.5) is 0 Å². The second-order valence-corrected chi connectivity index (χ2v) is 6.85. The van der Waals surface area contributed by atoms with E-state index < -0.39 is 0 Å². The minimum absolute atomic E-state index is 0.0743. The summed E-state index contributed by atoms with van der Waals surface area (Å²) in [6.07, 6.45) is 1.66. The van der Waals surface area contributed by atoms with Gasteiger partial charge < -0.3 is 14.6 Å². The van der Waals surface area contributed by atoms with Crippen molar-refractivity contribution in [1.82, 2.24) is 14.8 Å². The average Bonchev–Trinajstić information content (AvgIpc) is 3.23. The Bertz CT molecular complexity index is 922. The molecule has 26 heavy (non-hydrogen) atoms. The molecule has 2 fully saturated rings. The highest BCUT2D eigenvalue weighted by Gasteiger charge is 2.45. The van der Waals surface area contributed by atoms with Gasteiger partial charge in [-0.25, -0.2) is 0 Å². The van der Waals surface area contributed by atoms with Crippen molar-refractivity contribution < 1.29 is 14.3 Å². The summed E-state index contributed by atoms with van der Waals surface area (Å²) in [5.74, 6) is -0.365. The molecule has 2 aromatic rings. The second-order valence-electron chi connectivity index (χ2n) is 6.85. The third-order valence-electron chi connectivity index (χ3n) is 5.49. The molecule has 0 spiro atoms. The first kappa shape index (κ1) is 16.8. The average molecular weight is 355 g/mol. The van der Waals surface area contributed by atoms with E-state index in [0.29, 0.717) is 17.6 Å². The standard InChI is InChI=1S/C19H21N3O4/c1-26-18(24)11-21-8-6-16-15(21)7-9-22(16)19(25)13-10-17(23)20-14-5-3-2-4-12(13)14/h2-5,10,15-16H,6-9,11H2,1H3,(H,20,23)/t15-,16-/m0/s1. The molecule has 3 heterocycles. The highest BCUT2D eigenvalue weighted by molar-refractivity contribution is 6.06. The van der Waals surface area contributed by atoms with E-state index in [2.05, 4.69) is 9.88 Å². The minimum atomic E-state index is -0.276. The molecule has 2 saturated heterocycles. The van der Waals surface area contributed by atoms with Crippen molar-refractivity contribution in [3.8, 4) is 0 Å². The topological polar surface area (TPSA) is 82.7 Å². The summed E-state index contributed by atoms with van der Waals surface area (Å²) in [5, 5.41) is 0.755. The van der Waals surface area contributed by atoms with E-state index in [1.165, 1.54) is 13.2 Å². The molecule has 1 N–H and O–H groups in total. The fraction of sp³-hybridized carbons (Fsp3) is 0.421. The van der Waals surface area contributed by atoms with Crippen molar-refractivity contribution in [2.75, 3.05) is 26.7 Å². The van der Waals surface area contributed by atoms with E-state index in [9.17, 15) is 14.4 Å². The maximum Gasteiger partial charge on any atom is 0.319 e. The molecular weight excluding hydrogens is 334 g/mol. The largest absolute Gasteiger partial charge is 0.468 e. The number of likely N-dealkylation sites (tertiary alicyclic amines) is 2. The number of H-pyrrole nitrogens is 1. The van der Waals surface area contributed by atoms with E-state index in [4.69, 9.17) is 4.74 Å². The predicted octanol–water partition coefficient (Wildman–Crippen LogP) is 0.990. The van der Waals surface area contributed by atoms with Gasteiger partial charge in [-0.15, -0.1) is 0 Å². The second kappa shape index (κ2) is 6.57. The van der Waals surface area contributed by atoms with Crippen molar-refractivity contribution in [3.05, 3.63) is 46.2 Å². The third-order valence-corrected chi connectivity index (χ3v) is 5.49. The number of carbonyl (C=O) groups is 2. The number of amides is 1. The summed E-state index contributed by atoms with van der Waals surface area (Å²) in [6, 6.07) is 8.98. The fourth-order valence-corrected chi connectivity index (χ4v) is 4.29. The molecule has 2 aliphatic rings. The van der Waals surface area contributed by atoms with Crippen LogP contribution in [0.15, 0.2) is 35.1 Å². The summed E-state index contributed by atoms with van der Waals surface area (Å²) in [4.78, 5) is 43.5. The Morgan fingerprint density at radius 1 is 1.19 bits per heavy atom. The van der Waals surface area contributed by atoms with Crippen molar-refractivity contribution in [2.45, 2.75) is 24.9 Å². The van der Waals surface area contributed by atoms with Gasteiger partial charge in [0.2, 0.25) is 5.56 Å². The number of carbonyl (C=O) groups excluding carboxylic acids is 2. The Morgan fingerprint density at radius 2 is 1.96 bits per heavy atom. The number of methoxy groups -OCH3 is 1. The molecule has 0 saturated carbocycles. The zero-order chi connectivity index (χ0) is 18.3. The Balaban J connectivity index is 1.61. The SMILES string of the molecule is COC(=O)CN1CC[C@H]2[C@@H]1CCN2C(=O)c1cc(=O)[nH]c2ccccc12. The monoisotopic (exact) mass is 355 g/mol. The Morgan fingerprint density at radius 3 is 2.77 bits per heavy atom. The lowest BCUT2D eigenvalue weighted by Gasteiger charge is -2.25. The number of ether oxygens (including phenoxy) is 1. The number of nitrogens with zero attached hydrogens (tertiary/aromatic N) is 2. The summed E-state index contributed by atoms with van der Waals surface area (Å²) in [7, 11) is 1.39. The molecule has 1 amide bonds. The number of benzene rings is 1. The fourth-order valence-electron chi connectivity index (χ4n) is 4.29. The molecular formula is C19H21N3O4. The maximum absolute atomic E-state index is 13.2. The number of rotatable bonds is 3. The molecule has 1 aromatic carbocycles. The van der Waals surface area contributed by atoms with Crippen LogP contribution in [-0.2, 0) is 9.53 Å². The lowest BCUT2D eigenvalue weighted by Crippen LogP contribution is -2.41. The zero-order valence-corrected chi connectivity index (χ0v) is 14.6. The summed E-state index contributed by atoms with van der Waals surface area (Å²) >= 11 is 0. The van der Waals surface area contributed by atoms with Gasteiger partial charge in [-0.1, -0.05) is 18.2 Å². The molecule has 1 aromatic heterocycles. The maximum atomic E-state index is 13.2.